The van der Waals surface area contributed by atoms with Crippen LogP contribution in [-0.4, -0.2) is 44.3 Å². The Bertz CT molecular complexity index is 434. The minimum atomic E-state index is 0.520. The molecule has 0 atom stereocenters. The molecule has 6 heteroatoms. The molecule has 0 fully saturated rings. The molecule has 0 unspecified atom stereocenters. The fourth-order valence-corrected chi connectivity index (χ4v) is 1.87. The van der Waals surface area contributed by atoms with Crippen molar-refractivity contribution in [2.45, 2.75) is 26.7 Å². The Labute approximate surface area is 138 Å². The number of hydrogen-bond donors (Lipinski definition) is 2. The van der Waals surface area contributed by atoms with Crippen molar-refractivity contribution in [3.8, 4) is 0 Å². The summed E-state index contributed by atoms with van der Waals surface area (Å²) in [5.41, 5.74) is 1.14. The molecule has 1 aromatic rings. The zero-order valence-electron chi connectivity index (χ0n) is 13.7. The minimum absolute atomic E-state index is 0.520. The number of pyridine rings is 1. The first-order valence-corrected chi connectivity index (χ1v) is 8.12. The fraction of sp³-hybridized carbons (Fsp3) is 0.625. The van der Waals surface area contributed by atoms with Crippen molar-refractivity contribution in [3.63, 3.8) is 0 Å². The van der Waals surface area contributed by atoms with Gasteiger partial charge in [0.05, 0.1) is 6.61 Å². The number of nitrogens with one attached hydrogen (secondary N) is 2. The van der Waals surface area contributed by atoms with Gasteiger partial charge in [-0.2, -0.15) is 0 Å². The molecular formula is C16H27ClN4O. The second-order valence-electron chi connectivity index (χ2n) is 5.46. The number of guanidine groups is 1. The average Bonchev–Trinajstić information content (AvgIpc) is 2.50. The van der Waals surface area contributed by atoms with Gasteiger partial charge in [0.1, 0.15) is 5.15 Å². The monoisotopic (exact) mass is 326 g/mol. The molecule has 0 saturated heterocycles. The van der Waals surface area contributed by atoms with Crippen LogP contribution in [0.2, 0.25) is 5.15 Å². The summed E-state index contributed by atoms with van der Waals surface area (Å²) in [7, 11) is 1.76. The number of ether oxygens (including phenoxy) is 1. The molecule has 1 aromatic heterocycles. The third kappa shape index (κ3) is 8.85. The first-order chi connectivity index (χ1) is 10.6. The van der Waals surface area contributed by atoms with Crippen LogP contribution in [0.5, 0.6) is 0 Å². The van der Waals surface area contributed by atoms with Crippen molar-refractivity contribution in [2.24, 2.45) is 10.9 Å². The fourth-order valence-electron chi connectivity index (χ4n) is 1.76. The lowest BCUT2D eigenvalue weighted by Crippen LogP contribution is -2.39. The van der Waals surface area contributed by atoms with Crippen molar-refractivity contribution < 1.29 is 4.74 Å². The number of hydrogen-bond acceptors (Lipinski definition) is 3. The Morgan fingerprint density at radius 2 is 2.05 bits per heavy atom. The Hall–Kier alpha value is -1.33. The highest BCUT2D eigenvalue weighted by molar-refractivity contribution is 6.29. The van der Waals surface area contributed by atoms with E-state index in [4.69, 9.17) is 16.3 Å². The van der Waals surface area contributed by atoms with E-state index in [9.17, 15) is 0 Å². The van der Waals surface area contributed by atoms with Crippen molar-refractivity contribution >= 4 is 17.6 Å². The molecule has 0 aliphatic heterocycles. The summed E-state index contributed by atoms with van der Waals surface area (Å²) in [6.45, 7) is 7.44. The number of aromatic nitrogens is 1. The standard InChI is InChI=1S/C16H27ClN4O/c1-13(2)7-10-22-11-9-20-16(18-3)19-8-6-14-4-5-15(17)21-12-14/h4-5,12-13H,6-11H2,1-3H3,(H2,18,19,20). The Kier molecular flexibility index (Phi) is 9.59. The zero-order chi connectivity index (χ0) is 16.2. The molecule has 0 bridgehead atoms. The van der Waals surface area contributed by atoms with Crippen LogP contribution in [0.15, 0.2) is 23.3 Å². The van der Waals surface area contributed by atoms with E-state index in [2.05, 4.69) is 34.5 Å². The van der Waals surface area contributed by atoms with Crippen LogP contribution < -0.4 is 10.6 Å². The van der Waals surface area contributed by atoms with E-state index in [1.807, 2.05) is 6.07 Å². The molecule has 2 N–H and O–H groups in total. The van der Waals surface area contributed by atoms with Gasteiger partial charge in [-0.05, 0) is 30.4 Å². The van der Waals surface area contributed by atoms with Crippen molar-refractivity contribution in [1.29, 1.82) is 0 Å². The van der Waals surface area contributed by atoms with Gasteiger partial charge in [-0.1, -0.05) is 31.5 Å². The summed E-state index contributed by atoms with van der Waals surface area (Å²) in [5.74, 6) is 1.47. The number of aliphatic imine (C=N–C) groups is 1. The Balaban J connectivity index is 2.11. The van der Waals surface area contributed by atoms with E-state index in [0.717, 1.165) is 44.1 Å². The SMILES string of the molecule is CN=C(NCCOCCC(C)C)NCCc1ccc(Cl)nc1. The molecule has 0 amide bonds. The molecule has 1 heterocycles. The van der Waals surface area contributed by atoms with Crippen LogP contribution in [0.1, 0.15) is 25.8 Å². The minimum Gasteiger partial charge on any atom is -0.380 e. The largest absolute Gasteiger partial charge is 0.380 e. The van der Waals surface area contributed by atoms with Crippen LogP contribution in [0, 0.1) is 5.92 Å². The summed E-state index contributed by atoms with van der Waals surface area (Å²) in [5, 5.41) is 7.01. The van der Waals surface area contributed by atoms with Crippen LogP contribution in [0.25, 0.3) is 0 Å². The lowest BCUT2D eigenvalue weighted by atomic mass is 10.1. The highest BCUT2D eigenvalue weighted by Gasteiger charge is 1.99. The molecule has 0 radical (unpaired) electrons. The lowest BCUT2D eigenvalue weighted by molar-refractivity contribution is 0.128. The predicted octanol–water partition coefficient (Wildman–Crippen LogP) is 2.51. The van der Waals surface area contributed by atoms with Gasteiger partial charge in [0.15, 0.2) is 5.96 Å². The molecule has 0 aliphatic carbocycles. The van der Waals surface area contributed by atoms with Gasteiger partial charge in [0.25, 0.3) is 0 Å². The number of nitrogens with zero attached hydrogens (tertiary/aromatic N) is 2. The summed E-state index contributed by atoms with van der Waals surface area (Å²) < 4.78 is 5.56. The third-order valence-electron chi connectivity index (χ3n) is 3.10. The van der Waals surface area contributed by atoms with Gasteiger partial charge in [-0.15, -0.1) is 0 Å². The first kappa shape index (κ1) is 18.7. The number of rotatable bonds is 9. The van der Waals surface area contributed by atoms with Gasteiger partial charge in [-0.3, -0.25) is 4.99 Å². The average molecular weight is 327 g/mol. The molecule has 0 saturated carbocycles. The van der Waals surface area contributed by atoms with E-state index >= 15 is 0 Å². The van der Waals surface area contributed by atoms with E-state index in [1.54, 1.807) is 19.3 Å². The highest BCUT2D eigenvalue weighted by Crippen LogP contribution is 2.05. The highest BCUT2D eigenvalue weighted by atomic mass is 35.5. The molecule has 0 aliphatic rings. The molecule has 5 nitrogen and oxygen atoms in total. The van der Waals surface area contributed by atoms with Gasteiger partial charge in [-0.25, -0.2) is 4.98 Å². The second-order valence-corrected chi connectivity index (χ2v) is 5.85. The van der Waals surface area contributed by atoms with Gasteiger partial charge >= 0.3 is 0 Å². The summed E-state index contributed by atoms with van der Waals surface area (Å²) in [6, 6.07) is 3.79. The normalized spacial score (nSPS) is 11.8. The number of halogens is 1. The van der Waals surface area contributed by atoms with Crippen LogP contribution in [0.4, 0.5) is 0 Å². The lowest BCUT2D eigenvalue weighted by Gasteiger charge is -2.12. The van der Waals surface area contributed by atoms with Gasteiger partial charge in [0, 0.05) is 32.9 Å². The summed E-state index contributed by atoms with van der Waals surface area (Å²) >= 11 is 5.76. The molecular weight excluding hydrogens is 300 g/mol. The van der Waals surface area contributed by atoms with Gasteiger partial charge in [0.2, 0.25) is 0 Å². The predicted molar refractivity (Wildman–Crippen MR) is 92.6 cm³/mol. The summed E-state index contributed by atoms with van der Waals surface area (Å²) in [4.78, 5) is 8.24. The van der Waals surface area contributed by atoms with E-state index < -0.39 is 0 Å². The maximum Gasteiger partial charge on any atom is 0.191 e. The van der Waals surface area contributed by atoms with E-state index in [0.29, 0.717) is 17.7 Å². The second kappa shape index (κ2) is 11.3. The zero-order valence-corrected chi connectivity index (χ0v) is 14.5. The third-order valence-corrected chi connectivity index (χ3v) is 3.32. The maximum atomic E-state index is 5.76. The molecule has 124 valence electrons. The van der Waals surface area contributed by atoms with Crippen molar-refractivity contribution in [2.75, 3.05) is 33.4 Å². The Morgan fingerprint density at radius 3 is 2.68 bits per heavy atom. The topological polar surface area (TPSA) is 58.5 Å². The van der Waals surface area contributed by atoms with Crippen molar-refractivity contribution in [1.82, 2.24) is 15.6 Å². The van der Waals surface area contributed by atoms with Gasteiger partial charge < -0.3 is 15.4 Å². The van der Waals surface area contributed by atoms with Crippen LogP contribution >= 0.6 is 11.6 Å². The van der Waals surface area contributed by atoms with Crippen LogP contribution in [-0.2, 0) is 11.2 Å². The molecule has 1 rings (SSSR count). The quantitative estimate of drug-likeness (QED) is 0.317. The molecule has 0 spiro atoms. The molecule has 22 heavy (non-hydrogen) atoms. The maximum absolute atomic E-state index is 5.76. The first-order valence-electron chi connectivity index (χ1n) is 7.74. The van der Waals surface area contributed by atoms with Crippen LogP contribution in [0.3, 0.4) is 0 Å². The summed E-state index contributed by atoms with van der Waals surface area (Å²) in [6.07, 6.45) is 3.76. The molecule has 0 aromatic carbocycles. The van der Waals surface area contributed by atoms with E-state index in [-0.39, 0.29) is 0 Å². The smallest absolute Gasteiger partial charge is 0.191 e. The van der Waals surface area contributed by atoms with E-state index in [1.165, 1.54) is 0 Å². The van der Waals surface area contributed by atoms with Crippen molar-refractivity contribution in [3.05, 3.63) is 29.0 Å². The Morgan fingerprint density at radius 1 is 1.27 bits per heavy atom.